The van der Waals surface area contributed by atoms with Crippen molar-refractivity contribution in [2.24, 2.45) is 16.5 Å². The number of ether oxygens (including phenoxy) is 2. The number of nitrogens with two attached hydrogens (primary N) is 2. The van der Waals surface area contributed by atoms with E-state index in [1.165, 1.54) is 22.3 Å². The largest absolute Gasteiger partial charge is 0.493 e. The predicted octanol–water partition coefficient (Wildman–Crippen LogP) is 8.14. The summed E-state index contributed by atoms with van der Waals surface area (Å²) >= 11 is 3.66. The zero-order valence-electron chi connectivity index (χ0n) is 31.1. The maximum atomic E-state index is 6.29. The van der Waals surface area contributed by atoms with Gasteiger partial charge in [0.2, 0.25) is 0 Å². The predicted molar refractivity (Wildman–Crippen MR) is 212 cm³/mol. The van der Waals surface area contributed by atoms with Crippen molar-refractivity contribution in [2.75, 3.05) is 47.4 Å². The Labute approximate surface area is 307 Å². The van der Waals surface area contributed by atoms with Crippen LogP contribution in [0.25, 0.3) is 22.3 Å². The molecule has 1 saturated heterocycles. The van der Waals surface area contributed by atoms with Crippen molar-refractivity contribution < 1.29 is 9.47 Å². The third-order valence-electron chi connectivity index (χ3n) is 9.91. The van der Waals surface area contributed by atoms with Gasteiger partial charge in [0.15, 0.2) is 17.5 Å². The van der Waals surface area contributed by atoms with Crippen molar-refractivity contribution in [3.05, 3.63) is 105 Å². The number of hydrogen-bond acceptors (Lipinski definition) is 5. The second-order valence-electron chi connectivity index (χ2n) is 15.3. The van der Waals surface area contributed by atoms with Crippen molar-refractivity contribution in [1.29, 1.82) is 0 Å². The lowest BCUT2D eigenvalue weighted by atomic mass is 9.77. The van der Waals surface area contributed by atoms with Gasteiger partial charge in [0.1, 0.15) is 0 Å². The Bertz CT molecular complexity index is 1800. The number of rotatable bonds is 11. The normalized spacial score (nSPS) is 14.4. The highest BCUT2D eigenvalue weighted by Crippen LogP contribution is 2.46. The van der Waals surface area contributed by atoms with Crippen LogP contribution in [0.5, 0.6) is 11.5 Å². The Balaban J connectivity index is 1.53. The second kappa shape index (κ2) is 15.6. The molecule has 266 valence electrons. The van der Waals surface area contributed by atoms with E-state index in [9.17, 15) is 0 Å². The number of piperazine rings is 1. The Morgan fingerprint density at radius 3 is 1.94 bits per heavy atom. The average Bonchev–Trinajstić information content (AvgIpc) is 3.08. The molecule has 1 aliphatic rings. The SMILES string of the molecule is COc1c(-c2ccc(C(C)(C)C)cc2)cc(CN2CCN(C)CC2)c(CC(C)(C)c2ccc(-c3cc(Br)cc(CN=C(N)N)c3)cc2)c1OC. The Kier molecular flexibility index (Phi) is 11.7. The first-order chi connectivity index (χ1) is 23.7. The highest BCUT2D eigenvalue weighted by atomic mass is 79.9. The van der Waals surface area contributed by atoms with Gasteiger partial charge in [-0.3, -0.25) is 4.90 Å². The fraction of sp³-hybridized carbons (Fsp3) is 0.405. The Morgan fingerprint density at radius 1 is 0.760 bits per heavy atom. The zero-order valence-corrected chi connectivity index (χ0v) is 32.7. The standard InChI is InChI=1S/C42H54BrN5O2/c1-41(2,3)33-13-11-30(12-14-33)36-24-32(27-48-19-17-47(6)18-20-48)37(39(50-8)38(36)49-7)25-42(4,5)34-15-9-29(10-16-34)31-21-28(22-35(43)23-31)26-46-40(44)45/h9-16,21-24H,17-20,25-27H2,1-8H3,(H4,44,45,46). The number of guanidine groups is 1. The monoisotopic (exact) mass is 739 g/mol. The molecule has 0 amide bonds. The summed E-state index contributed by atoms with van der Waals surface area (Å²) in [5.74, 6) is 1.69. The van der Waals surface area contributed by atoms with Crippen LogP contribution in [0.3, 0.4) is 0 Å². The summed E-state index contributed by atoms with van der Waals surface area (Å²) in [6.45, 7) is 16.9. The van der Waals surface area contributed by atoms with Crippen LogP contribution >= 0.6 is 15.9 Å². The number of nitrogens with zero attached hydrogens (tertiary/aromatic N) is 3. The van der Waals surface area contributed by atoms with Gasteiger partial charge in [-0.2, -0.15) is 0 Å². The van der Waals surface area contributed by atoms with E-state index < -0.39 is 0 Å². The highest BCUT2D eigenvalue weighted by Gasteiger charge is 2.29. The molecule has 5 rings (SSSR count). The smallest absolute Gasteiger partial charge is 0.186 e. The summed E-state index contributed by atoms with van der Waals surface area (Å²) in [6.07, 6.45) is 0.789. The maximum Gasteiger partial charge on any atom is 0.186 e. The molecular weight excluding hydrogens is 686 g/mol. The van der Waals surface area contributed by atoms with E-state index in [1.807, 2.05) is 6.07 Å². The molecule has 50 heavy (non-hydrogen) atoms. The van der Waals surface area contributed by atoms with Gasteiger partial charge in [0.25, 0.3) is 0 Å². The molecule has 8 heteroatoms. The minimum atomic E-state index is -0.195. The summed E-state index contributed by atoms with van der Waals surface area (Å²) in [7, 11) is 5.73. The quantitative estimate of drug-likeness (QED) is 0.119. The van der Waals surface area contributed by atoms with E-state index in [2.05, 4.69) is 139 Å². The minimum Gasteiger partial charge on any atom is -0.493 e. The molecule has 0 saturated carbocycles. The summed E-state index contributed by atoms with van der Waals surface area (Å²) < 4.78 is 13.5. The van der Waals surface area contributed by atoms with Gasteiger partial charge in [-0.25, -0.2) is 4.99 Å². The van der Waals surface area contributed by atoms with Gasteiger partial charge in [-0.05, 0) is 87.5 Å². The van der Waals surface area contributed by atoms with E-state index in [0.717, 1.165) is 82.9 Å². The number of aliphatic imine (C=N–C) groups is 1. The first-order valence-corrected chi connectivity index (χ1v) is 18.2. The van der Waals surface area contributed by atoms with Gasteiger partial charge in [-0.1, -0.05) is 99.1 Å². The first kappa shape index (κ1) is 37.4. The molecule has 7 nitrogen and oxygen atoms in total. The van der Waals surface area contributed by atoms with Crippen molar-refractivity contribution in [2.45, 2.75) is 65.0 Å². The minimum absolute atomic E-state index is 0.0794. The van der Waals surface area contributed by atoms with Crippen LogP contribution in [0, 0.1) is 0 Å². The molecule has 4 aromatic carbocycles. The molecule has 0 radical (unpaired) electrons. The topological polar surface area (TPSA) is 89.3 Å². The van der Waals surface area contributed by atoms with Crippen LogP contribution < -0.4 is 20.9 Å². The number of hydrogen-bond donors (Lipinski definition) is 2. The van der Waals surface area contributed by atoms with E-state index >= 15 is 0 Å². The van der Waals surface area contributed by atoms with E-state index in [1.54, 1.807) is 14.2 Å². The number of benzene rings is 4. The van der Waals surface area contributed by atoms with Crippen LogP contribution in [-0.2, 0) is 30.3 Å². The Hall–Kier alpha value is -3.85. The van der Waals surface area contributed by atoms with E-state index in [-0.39, 0.29) is 16.8 Å². The zero-order chi connectivity index (χ0) is 36.2. The van der Waals surface area contributed by atoms with Crippen LogP contribution in [0.2, 0.25) is 0 Å². The molecule has 4 N–H and O–H groups in total. The van der Waals surface area contributed by atoms with Gasteiger partial charge in [-0.15, -0.1) is 0 Å². The lowest BCUT2D eigenvalue weighted by molar-refractivity contribution is 0.147. The van der Waals surface area contributed by atoms with E-state index in [0.29, 0.717) is 6.54 Å². The van der Waals surface area contributed by atoms with Crippen molar-refractivity contribution in [3.8, 4) is 33.8 Å². The van der Waals surface area contributed by atoms with Crippen LogP contribution in [0.4, 0.5) is 0 Å². The lowest BCUT2D eigenvalue weighted by Gasteiger charge is -2.34. The molecule has 1 aliphatic heterocycles. The fourth-order valence-electron chi connectivity index (χ4n) is 6.85. The Morgan fingerprint density at radius 2 is 1.36 bits per heavy atom. The van der Waals surface area contributed by atoms with Crippen LogP contribution in [-0.4, -0.2) is 63.2 Å². The molecule has 0 aromatic heterocycles. The average molecular weight is 741 g/mol. The summed E-state index contributed by atoms with van der Waals surface area (Å²) in [5.41, 5.74) is 21.6. The molecular formula is C42H54BrN5O2. The number of likely N-dealkylation sites (N-methyl/N-ethyl adjacent to an activating group) is 1. The lowest BCUT2D eigenvalue weighted by Crippen LogP contribution is -2.44. The molecule has 0 aliphatic carbocycles. The fourth-order valence-corrected chi connectivity index (χ4v) is 7.39. The first-order valence-electron chi connectivity index (χ1n) is 17.4. The maximum absolute atomic E-state index is 6.29. The molecule has 0 unspecified atom stereocenters. The number of methoxy groups -OCH3 is 2. The highest BCUT2D eigenvalue weighted by molar-refractivity contribution is 9.10. The second-order valence-corrected chi connectivity index (χ2v) is 16.2. The summed E-state index contributed by atoms with van der Waals surface area (Å²) in [6, 6.07) is 26.5. The molecule has 0 bridgehead atoms. The van der Waals surface area contributed by atoms with Crippen LogP contribution in [0.1, 0.15) is 62.4 Å². The van der Waals surface area contributed by atoms with Crippen molar-refractivity contribution in [1.82, 2.24) is 9.80 Å². The number of halogens is 1. The molecule has 1 fully saturated rings. The van der Waals surface area contributed by atoms with Crippen molar-refractivity contribution >= 4 is 21.9 Å². The third-order valence-corrected chi connectivity index (χ3v) is 10.4. The van der Waals surface area contributed by atoms with Gasteiger partial charge < -0.3 is 25.8 Å². The van der Waals surface area contributed by atoms with Gasteiger partial charge >= 0.3 is 0 Å². The summed E-state index contributed by atoms with van der Waals surface area (Å²) in [4.78, 5) is 9.16. The summed E-state index contributed by atoms with van der Waals surface area (Å²) in [5, 5.41) is 0. The molecule has 4 aromatic rings. The molecule has 1 heterocycles. The molecule has 0 atom stereocenters. The van der Waals surface area contributed by atoms with E-state index in [4.69, 9.17) is 20.9 Å². The molecule has 0 spiro atoms. The third kappa shape index (κ3) is 8.89. The van der Waals surface area contributed by atoms with Gasteiger partial charge in [0.05, 0.1) is 20.8 Å². The van der Waals surface area contributed by atoms with Gasteiger partial charge in [0, 0.05) is 48.3 Å². The van der Waals surface area contributed by atoms with Crippen molar-refractivity contribution in [3.63, 3.8) is 0 Å². The van der Waals surface area contributed by atoms with Crippen LogP contribution in [0.15, 0.2) is 82.3 Å².